The maximum absolute atomic E-state index is 10.5. The lowest BCUT2D eigenvalue weighted by molar-refractivity contribution is -0.137. The number of imidazole rings is 1. The predicted octanol–water partition coefficient (Wildman–Crippen LogP) is 3.48. The SMILES string of the molecule is N#C/C(=C/c1cccc(OCCC(=O)O)c1)c1nc2ccccc2[nH]1. The van der Waals surface area contributed by atoms with E-state index in [1.165, 1.54) is 0 Å². The van der Waals surface area contributed by atoms with Crippen LogP contribution in [0.4, 0.5) is 0 Å². The van der Waals surface area contributed by atoms with Gasteiger partial charge < -0.3 is 14.8 Å². The van der Waals surface area contributed by atoms with Crippen LogP contribution in [-0.2, 0) is 4.79 Å². The molecule has 6 nitrogen and oxygen atoms in total. The van der Waals surface area contributed by atoms with Crippen molar-refractivity contribution < 1.29 is 14.6 Å². The van der Waals surface area contributed by atoms with Crippen LogP contribution in [0, 0.1) is 11.3 Å². The molecule has 0 aliphatic heterocycles. The van der Waals surface area contributed by atoms with Crippen molar-refractivity contribution in [3.63, 3.8) is 0 Å². The standard InChI is InChI=1S/C19H15N3O3/c20-12-14(19-21-16-6-1-2-7-17(16)22-19)10-13-4-3-5-15(11-13)25-9-8-18(23)24/h1-7,10-11H,8-9H2,(H,21,22)(H,23,24)/b14-10-. The van der Waals surface area contributed by atoms with Crippen LogP contribution in [0.5, 0.6) is 5.75 Å². The molecule has 0 bridgehead atoms. The largest absolute Gasteiger partial charge is 0.493 e. The number of benzene rings is 2. The lowest BCUT2D eigenvalue weighted by atomic mass is 10.1. The Labute approximate surface area is 144 Å². The zero-order valence-electron chi connectivity index (χ0n) is 13.3. The van der Waals surface area contributed by atoms with Crippen molar-refractivity contribution in [1.82, 2.24) is 9.97 Å². The normalized spacial score (nSPS) is 11.2. The molecule has 2 aromatic carbocycles. The first-order valence-electron chi connectivity index (χ1n) is 7.67. The highest BCUT2D eigenvalue weighted by Gasteiger charge is 2.08. The van der Waals surface area contributed by atoms with Gasteiger partial charge in [0.05, 0.1) is 29.6 Å². The maximum Gasteiger partial charge on any atom is 0.306 e. The van der Waals surface area contributed by atoms with E-state index >= 15 is 0 Å². The van der Waals surface area contributed by atoms with E-state index in [1.807, 2.05) is 30.3 Å². The summed E-state index contributed by atoms with van der Waals surface area (Å²) in [7, 11) is 0. The highest BCUT2D eigenvalue weighted by atomic mass is 16.5. The summed E-state index contributed by atoms with van der Waals surface area (Å²) >= 11 is 0. The Hall–Kier alpha value is -3.59. The summed E-state index contributed by atoms with van der Waals surface area (Å²) in [6.07, 6.45) is 1.64. The van der Waals surface area contributed by atoms with Gasteiger partial charge in [-0.2, -0.15) is 5.26 Å². The highest BCUT2D eigenvalue weighted by molar-refractivity contribution is 5.90. The Morgan fingerprint density at radius 3 is 2.88 bits per heavy atom. The van der Waals surface area contributed by atoms with Crippen LogP contribution in [0.15, 0.2) is 48.5 Å². The second-order valence-electron chi connectivity index (χ2n) is 5.34. The molecule has 0 saturated heterocycles. The van der Waals surface area contributed by atoms with Crippen molar-refractivity contribution in [2.75, 3.05) is 6.61 Å². The van der Waals surface area contributed by atoms with Gasteiger partial charge in [-0.15, -0.1) is 0 Å². The van der Waals surface area contributed by atoms with Crippen LogP contribution in [0.1, 0.15) is 17.8 Å². The third-order valence-corrected chi connectivity index (χ3v) is 3.52. The number of allylic oxidation sites excluding steroid dienone is 1. The van der Waals surface area contributed by atoms with Gasteiger partial charge in [0.1, 0.15) is 17.6 Å². The van der Waals surface area contributed by atoms with Crippen LogP contribution in [0.25, 0.3) is 22.7 Å². The summed E-state index contributed by atoms with van der Waals surface area (Å²) < 4.78 is 5.41. The average molecular weight is 333 g/mol. The number of rotatable bonds is 6. The fourth-order valence-corrected chi connectivity index (χ4v) is 2.35. The fraction of sp³-hybridized carbons (Fsp3) is 0.105. The van der Waals surface area contributed by atoms with Crippen molar-refractivity contribution in [1.29, 1.82) is 5.26 Å². The van der Waals surface area contributed by atoms with Gasteiger partial charge in [0.15, 0.2) is 0 Å². The van der Waals surface area contributed by atoms with Crippen molar-refractivity contribution in [3.8, 4) is 11.8 Å². The molecule has 1 aromatic heterocycles. The molecule has 0 atom stereocenters. The van der Waals surface area contributed by atoms with E-state index < -0.39 is 5.97 Å². The molecule has 6 heteroatoms. The van der Waals surface area contributed by atoms with E-state index in [1.54, 1.807) is 24.3 Å². The molecule has 0 radical (unpaired) electrons. The van der Waals surface area contributed by atoms with Gasteiger partial charge in [-0.05, 0) is 35.9 Å². The number of carboxylic acids is 1. The first-order valence-corrected chi connectivity index (χ1v) is 7.67. The number of aliphatic carboxylic acids is 1. The molecule has 0 saturated carbocycles. The summed E-state index contributed by atoms with van der Waals surface area (Å²) in [5, 5.41) is 18.1. The number of ether oxygens (including phenoxy) is 1. The maximum atomic E-state index is 10.5. The van der Waals surface area contributed by atoms with Crippen molar-refractivity contribution in [2.24, 2.45) is 0 Å². The van der Waals surface area contributed by atoms with Gasteiger partial charge in [0.2, 0.25) is 0 Å². The molecule has 124 valence electrons. The molecule has 2 N–H and O–H groups in total. The molecule has 0 aliphatic carbocycles. The number of aromatic nitrogens is 2. The number of carbonyl (C=O) groups is 1. The lowest BCUT2D eigenvalue weighted by Gasteiger charge is -2.05. The van der Waals surface area contributed by atoms with Crippen LogP contribution in [0.3, 0.4) is 0 Å². The number of nitrogens with one attached hydrogen (secondary N) is 1. The monoisotopic (exact) mass is 333 g/mol. The number of H-pyrrole nitrogens is 1. The topological polar surface area (TPSA) is 99.0 Å². The number of carboxylic acid groups (broad SMARTS) is 1. The lowest BCUT2D eigenvalue weighted by Crippen LogP contribution is -2.04. The minimum absolute atomic E-state index is 0.0670. The van der Waals surface area contributed by atoms with E-state index in [0.717, 1.165) is 16.6 Å². The minimum atomic E-state index is -0.910. The fourth-order valence-electron chi connectivity index (χ4n) is 2.35. The third-order valence-electron chi connectivity index (χ3n) is 3.52. The molecular weight excluding hydrogens is 318 g/mol. The van der Waals surface area contributed by atoms with E-state index in [2.05, 4.69) is 16.0 Å². The molecule has 0 spiro atoms. The van der Waals surface area contributed by atoms with E-state index in [4.69, 9.17) is 9.84 Å². The zero-order valence-corrected chi connectivity index (χ0v) is 13.3. The van der Waals surface area contributed by atoms with Gasteiger partial charge in [-0.3, -0.25) is 4.79 Å². The minimum Gasteiger partial charge on any atom is -0.493 e. The average Bonchev–Trinajstić information content (AvgIpc) is 3.03. The smallest absolute Gasteiger partial charge is 0.306 e. The first kappa shape index (κ1) is 16.3. The zero-order chi connectivity index (χ0) is 17.6. The number of aromatic amines is 1. The summed E-state index contributed by atoms with van der Waals surface area (Å²) in [5.74, 6) is 0.144. The number of nitriles is 1. The molecular formula is C19H15N3O3. The summed E-state index contributed by atoms with van der Waals surface area (Å²) in [4.78, 5) is 18.1. The molecule has 3 rings (SSSR count). The molecule has 3 aromatic rings. The van der Waals surface area contributed by atoms with Crippen molar-refractivity contribution >= 4 is 28.7 Å². The number of fused-ring (bicyclic) bond motifs is 1. The molecule has 0 aliphatic rings. The molecule has 0 amide bonds. The van der Waals surface area contributed by atoms with E-state index in [-0.39, 0.29) is 13.0 Å². The summed E-state index contributed by atoms with van der Waals surface area (Å²) in [5.41, 5.74) is 2.83. The highest BCUT2D eigenvalue weighted by Crippen LogP contribution is 2.21. The van der Waals surface area contributed by atoms with Crippen molar-refractivity contribution in [3.05, 3.63) is 59.9 Å². The summed E-state index contributed by atoms with van der Waals surface area (Å²) in [6, 6.07) is 16.8. The Bertz CT molecular complexity index is 950. The number of nitrogens with zero attached hydrogens (tertiary/aromatic N) is 2. The van der Waals surface area contributed by atoms with Gasteiger partial charge in [0.25, 0.3) is 0 Å². The van der Waals surface area contributed by atoms with Crippen LogP contribution >= 0.6 is 0 Å². The number of para-hydroxylation sites is 2. The van der Waals surface area contributed by atoms with E-state index in [0.29, 0.717) is 17.1 Å². The second kappa shape index (κ2) is 7.32. The molecule has 25 heavy (non-hydrogen) atoms. The van der Waals surface area contributed by atoms with Crippen LogP contribution in [0.2, 0.25) is 0 Å². The summed E-state index contributed by atoms with van der Waals surface area (Å²) in [6.45, 7) is 0.0944. The third kappa shape index (κ3) is 4.03. The van der Waals surface area contributed by atoms with Crippen molar-refractivity contribution in [2.45, 2.75) is 6.42 Å². The van der Waals surface area contributed by atoms with E-state index in [9.17, 15) is 10.1 Å². The number of hydrogen-bond donors (Lipinski definition) is 2. The Balaban J connectivity index is 1.84. The second-order valence-corrected chi connectivity index (χ2v) is 5.34. The number of hydrogen-bond acceptors (Lipinski definition) is 4. The molecule has 1 heterocycles. The van der Waals surface area contributed by atoms with Gasteiger partial charge in [-0.1, -0.05) is 24.3 Å². The predicted molar refractivity (Wildman–Crippen MR) is 93.8 cm³/mol. The van der Waals surface area contributed by atoms with Crippen LogP contribution in [-0.4, -0.2) is 27.7 Å². The first-order chi connectivity index (χ1) is 12.2. The Morgan fingerprint density at radius 2 is 2.12 bits per heavy atom. The Morgan fingerprint density at radius 1 is 1.28 bits per heavy atom. The molecule has 0 fully saturated rings. The van der Waals surface area contributed by atoms with Gasteiger partial charge >= 0.3 is 5.97 Å². The van der Waals surface area contributed by atoms with Gasteiger partial charge in [-0.25, -0.2) is 4.98 Å². The Kier molecular flexibility index (Phi) is 4.77. The molecule has 0 unspecified atom stereocenters. The quantitative estimate of drug-likeness (QED) is 0.673. The van der Waals surface area contributed by atoms with Gasteiger partial charge in [0, 0.05) is 0 Å². The van der Waals surface area contributed by atoms with Crippen LogP contribution < -0.4 is 4.74 Å².